The zero-order valence-electron chi connectivity index (χ0n) is 9.99. The number of carbonyl (C=O) groups is 1. The van der Waals surface area contributed by atoms with Crippen LogP contribution in [0.5, 0.6) is 0 Å². The third-order valence-electron chi connectivity index (χ3n) is 3.21. The smallest absolute Gasteiger partial charge is 0.264 e. The molecule has 1 aromatic heterocycles. The maximum atomic E-state index is 12.4. The van der Waals surface area contributed by atoms with Crippen LogP contribution in [-0.4, -0.2) is 28.9 Å². The molecule has 88 valence electrons. The monoisotopic (exact) mass is 238 g/mol. The van der Waals surface area contributed by atoms with Crippen molar-refractivity contribution in [1.29, 1.82) is 0 Å². The van der Waals surface area contributed by atoms with E-state index in [9.17, 15) is 4.79 Å². The minimum absolute atomic E-state index is 0.110. The van der Waals surface area contributed by atoms with Crippen molar-refractivity contribution in [2.24, 2.45) is 5.73 Å². The molecule has 1 amide bonds. The first-order valence-electron chi connectivity index (χ1n) is 5.53. The van der Waals surface area contributed by atoms with Gasteiger partial charge in [0.1, 0.15) is 0 Å². The van der Waals surface area contributed by atoms with Crippen LogP contribution in [0.2, 0.25) is 0 Å². The Kier molecular flexibility index (Phi) is 2.80. The fourth-order valence-corrected chi connectivity index (χ4v) is 3.24. The number of nitrogens with zero attached hydrogens (tertiary/aromatic N) is 1. The Bertz CT molecular complexity index is 411. The highest BCUT2D eigenvalue weighted by atomic mass is 32.1. The van der Waals surface area contributed by atoms with E-state index in [0.717, 1.165) is 16.9 Å². The Morgan fingerprint density at radius 2 is 2.31 bits per heavy atom. The summed E-state index contributed by atoms with van der Waals surface area (Å²) in [6.07, 6.45) is 0.878. The second-order valence-electron chi connectivity index (χ2n) is 5.13. The van der Waals surface area contributed by atoms with Gasteiger partial charge in [0.15, 0.2) is 0 Å². The van der Waals surface area contributed by atoms with Crippen molar-refractivity contribution in [3.05, 3.63) is 21.9 Å². The van der Waals surface area contributed by atoms with Crippen LogP contribution < -0.4 is 5.73 Å². The SMILES string of the molecule is Cc1ccsc1C(=O)N1CC(N)CC1(C)C. The van der Waals surface area contributed by atoms with Gasteiger partial charge in [0.2, 0.25) is 0 Å². The minimum Gasteiger partial charge on any atom is -0.331 e. The summed E-state index contributed by atoms with van der Waals surface area (Å²) >= 11 is 1.51. The lowest BCUT2D eigenvalue weighted by Gasteiger charge is -2.31. The molecular weight excluding hydrogens is 220 g/mol. The molecule has 1 aliphatic rings. The van der Waals surface area contributed by atoms with E-state index in [4.69, 9.17) is 5.73 Å². The number of thiophene rings is 1. The van der Waals surface area contributed by atoms with Gasteiger partial charge in [0.25, 0.3) is 5.91 Å². The molecular formula is C12H18N2OS. The van der Waals surface area contributed by atoms with E-state index >= 15 is 0 Å². The molecule has 0 saturated carbocycles. The summed E-state index contributed by atoms with van der Waals surface area (Å²) < 4.78 is 0. The predicted molar refractivity (Wildman–Crippen MR) is 66.8 cm³/mol. The van der Waals surface area contributed by atoms with Crippen molar-refractivity contribution in [3.63, 3.8) is 0 Å². The number of carbonyl (C=O) groups excluding carboxylic acids is 1. The Morgan fingerprint density at radius 3 is 2.75 bits per heavy atom. The van der Waals surface area contributed by atoms with Crippen LogP contribution in [0.4, 0.5) is 0 Å². The van der Waals surface area contributed by atoms with Gasteiger partial charge < -0.3 is 10.6 Å². The van der Waals surface area contributed by atoms with E-state index in [1.807, 2.05) is 23.3 Å². The van der Waals surface area contributed by atoms with Crippen LogP contribution in [0.15, 0.2) is 11.4 Å². The van der Waals surface area contributed by atoms with Crippen LogP contribution in [0, 0.1) is 6.92 Å². The van der Waals surface area contributed by atoms with Crippen molar-refractivity contribution in [3.8, 4) is 0 Å². The zero-order valence-corrected chi connectivity index (χ0v) is 10.8. The van der Waals surface area contributed by atoms with Gasteiger partial charge in [-0.15, -0.1) is 11.3 Å². The quantitative estimate of drug-likeness (QED) is 0.813. The summed E-state index contributed by atoms with van der Waals surface area (Å²) in [4.78, 5) is 15.1. The molecule has 1 fully saturated rings. The third-order valence-corrected chi connectivity index (χ3v) is 4.22. The highest BCUT2D eigenvalue weighted by molar-refractivity contribution is 7.12. The molecule has 2 rings (SSSR count). The standard InChI is InChI=1S/C12H18N2OS/c1-8-4-5-16-10(8)11(15)14-7-9(13)6-12(14,2)3/h4-5,9H,6-7,13H2,1-3H3. The van der Waals surface area contributed by atoms with Crippen LogP contribution in [0.25, 0.3) is 0 Å². The van der Waals surface area contributed by atoms with Crippen LogP contribution in [-0.2, 0) is 0 Å². The normalized spacial score (nSPS) is 23.8. The maximum absolute atomic E-state index is 12.4. The number of hydrogen-bond donors (Lipinski definition) is 1. The van der Waals surface area contributed by atoms with Crippen molar-refractivity contribution in [2.45, 2.75) is 38.8 Å². The van der Waals surface area contributed by atoms with Gasteiger partial charge in [0.05, 0.1) is 4.88 Å². The largest absolute Gasteiger partial charge is 0.331 e. The highest BCUT2D eigenvalue weighted by Gasteiger charge is 2.40. The molecule has 2 N–H and O–H groups in total. The number of aryl methyl sites for hydroxylation is 1. The second kappa shape index (κ2) is 3.86. The van der Waals surface area contributed by atoms with Gasteiger partial charge >= 0.3 is 0 Å². The average Bonchev–Trinajstić information content (AvgIpc) is 2.68. The molecule has 0 spiro atoms. The molecule has 1 unspecified atom stereocenters. The first-order chi connectivity index (χ1) is 7.42. The molecule has 1 saturated heterocycles. The molecule has 1 aromatic rings. The molecule has 16 heavy (non-hydrogen) atoms. The molecule has 1 aliphatic heterocycles. The number of amides is 1. The Morgan fingerprint density at radius 1 is 1.62 bits per heavy atom. The number of hydrogen-bond acceptors (Lipinski definition) is 3. The third kappa shape index (κ3) is 1.87. The topological polar surface area (TPSA) is 46.3 Å². The van der Waals surface area contributed by atoms with E-state index in [0.29, 0.717) is 6.54 Å². The van der Waals surface area contributed by atoms with Crippen molar-refractivity contribution in [1.82, 2.24) is 4.90 Å². The second-order valence-corrected chi connectivity index (χ2v) is 6.04. The minimum atomic E-state index is -0.118. The summed E-state index contributed by atoms with van der Waals surface area (Å²) in [5.41, 5.74) is 6.88. The lowest BCUT2D eigenvalue weighted by Crippen LogP contribution is -2.42. The molecule has 0 aromatic carbocycles. The maximum Gasteiger partial charge on any atom is 0.264 e. The molecule has 0 radical (unpaired) electrons. The lowest BCUT2D eigenvalue weighted by molar-refractivity contribution is 0.0655. The van der Waals surface area contributed by atoms with E-state index in [2.05, 4.69) is 13.8 Å². The summed E-state index contributed by atoms with van der Waals surface area (Å²) in [5, 5.41) is 1.96. The molecule has 0 aliphatic carbocycles. The molecule has 1 atom stereocenters. The van der Waals surface area contributed by atoms with Crippen LogP contribution >= 0.6 is 11.3 Å². The fraction of sp³-hybridized carbons (Fsp3) is 0.583. The average molecular weight is 238 g/mol. The van der Waals surface area contributed by atoms with Crippen molar-refractivity contribution >= 4 is 17.2 Å². The number of rotatable bonds is 1. The highest BCUT2D eigenvalue weighted by Crippen LogP contribution is 2.31. The van der Waals surface area contributed by atoms with Crippen LogP contribution in [0.3, 0.4) is 0 Å². The molecule has 0 bridgehead atoms. The first kappa shape index (κ1) is 11.6. The van der Waals surface area contributed by atoms with Gasteiger partial charge in [-0.1, -0.05) is 0 Å². The zero-order chi connectivity index (χ0) is 11.9. The van der Waals surface area contributed by atoms with Crippen LogP contribution in [0.1, 0.15) is 35.5 Å². The van der Waals surface area contributed by atoms with E-state index < -0.39 is 0 Å². The summed E-state index contributed by atoms with van der Waals surface area (Å²) in [7, 11) is 0. The Hall–Kier alpha value is -0.870. The molecule has 4 heteroatoms. The van der Waals surface area contributed by atoms with E-state index in [1.165, 1.54) is 11.3 Å². The first-order valence-corrected chi connectivity index (χ1v) is 6.41. The summed E-state index contributed by atoms with van der Waals surface area (Å²) in [6, 6.07) is 2.10. The fourth-order valence-electron chi connectivity index (χ4n) is 2.37. The Labute approximate surface area is 100 Å². The number of likely N-dealkylation sites (tertiary alicyclic amines) is 1. The molecule has 3 nitrogen and oxygen atoms in total. The van der Waals surface area contributed by atoms with Crippen molar-refractivity contribution < 1.29 is 4.79 Å². The van der Waals surface area contributed by atoms with Crippen molar-refractivity contribution in [2.75, 3.05) is 6.54 Å². The van der Waals surface area contributed by atoms with Gasteiger partial charge in [-0.05, 0) is 44.2 Å². The van der Waals surface area contributed by atoms with E-state index in [-0.39, 0.29) is 17.5 Å². The van der Waals surface area contributed by atoms with E-state index in [1.54, 1.807) is 0 Å². The number of nitrogens with two attached hydrogens (primary N) is 1. The summed E-state index contributed by atoms with van der Waals surface area (Å²) in [6.45, 7) is 6.82. The summed E-state index contributed by atoms with van der Waals surface area (Å²) in [5.74, 6) is 0.130. The molecule has 2 heterocycles. The predicted octanol–water partition coefficient (Wildman–Crippen LogP) is 2.01. The van der Waals surface area contributed by atoms with Gasteiger partial charge in [-0.2, -0.15) is 0 Å². The lowest BCUT2D eigenvalue weighted by atomic mass is 10.0. The Balaban J connectivity index is 2.26. The van der Waals surface area contributed by atoms with Gasteiger partial charge in [-0.25, -0.2) is 0 Å². The van der Waals surface area contributed by atoms with Gasteiger partial charge in [-0.3, -0.25) is 4.79 Å². The van der Waals surface area contributed by atoms with Gasteiger partial charge in [0, 0.05) is 18.1 Å².